The first kappa shape index (κ1) is 21.5. The molecule has 0 aromatic carbocycles. The van der Waals surface area contributed by atoms with Crippen LogP contribution in [0.4, 0.5) is 0 Å². The van der Waals surface area contributed by atoms with Crippen LogP contribution in [0.1, 0.15) is 66.2 Å². The molecule has 1 atom stereocenters. The van der Waals surface area contributed by atoms with Crippen molar-refractivity contribution in [2.45, 2.75) is 66.2 Å². The molecule has 130 valence electrons. The first-order valence-corrected chi connectivity index (χ1v) is 8.47. The van der Waals surface area contributed by atoms with Gasteiger partial charge in [0, 0.05) is 12.3 Å². The van der Waals surface area contributed by atoms with E-state index in [1.807, 2.05) is 39.8 Å². The second-order valence-corrected chi connectivity index (χ2v) is 6.41. The van der Waals surface area contributed by atoms with E-state index in [0.717, 1.165) is 49.5 Å². The summed E-state index contributed by atoms with van der Waals surface area (Å²) in [5.41, 5.74) is 3.11. The quantitative estimate of drug-likeness (QED) is 0.326. The van der Waals surface area contributed by atoms with Crippen LogP contribution in [0.15, 0.2) is 34.9 Å². The summed E-state index contributed by atoms with van der Waals surface area (Å²) in [5.74, 6) is 0.320. The summed E-state index contributed by atoms with van der Waals surface area (Å²) >= 11 is 0. The maximum absolute atomic E-state index is 11.9. The first-order chi connectivity index (χ1) is 10.9. The van der Waals surface area contributed by atoms with Gasteiger partial charge in [0.05, 0.1) is 6.61 Å². The lowest BCUT2D eigenvalue weighted by Gasteiger charge is -2.09. The van der Waals surface area contributed by atoms with Gasteiger partial charge in [-0.3, -0.25) is 9.59 Å². The summed E-state index contributed by atoms with van der Waals surface area (Å²) in [7, 11) is 0. The van der Waals surface area contributed by atoms with Gasteiger partial charge in [0.25, 0.3) is 0 Å². The number of aldehydes is 1. The predicted molar refractivity (Wildman–Crippen MR) is 96.3 cm³/mol. The molecule has 23 heavy (non-hydrogen) atoms. The minimum atomic E-state index is 0.0493. The Balaban J connectivity index is 4.16. The van der Waals surface area contributed by atoms with Crippen LogP contribution >= 0.6 is 0 Å². The largest absolute Gasteiger partial charge is 0.392 e. The molecule has 0 unspecified atom stereocenters. The molecule has 0 amide bonds. The van der Waals surface area contributed by atoms with Crippen molar-refractivity contribution >= 4 is 12.1 Å². The second-order valence-electron chi connectivity index (χ2n) is 6.41. The van der Waals surface area contributed by atoms with Crippen LogP contribution in [-0.2, 0) is 9.59 Å². The van der Waals surface area contributed by atoms with Crippen LogP contribution in [0.25, 0.3) is 0 Å². The van der Waals surface area contributed by atoms with Gasteiger partial charge in [-0.2, -0.15) is 0 Å². The van der Waals surface area contributed by atoms with E-state index in [-0.39, 0.29) is 18.3 Å². The molecule has 0 aromatic heterocycles. The summed E-state index contributed by atoms with van der Waals surface area (Å²) in [5, 5.41) is 8.79. The minimum Gasteiger partial charge on any atom is -0.392 e. The van der Waals surface area contributed by atoms with Crippen LogP contribution in [-0.4, -0.2) is 23.8 Å². The fourth-order valence-corrected chi connectivity index (χ4v) is 2.23. The number of carbonyl (C=O) groups is 2. The van der Waals surface area contributed by atoms with Gasteiger partial charge in [-0.15, -0.1) is 0 Å². The molecule has 0 aliphatic carbocycles. The number of aliphatic hydroxyl groups is 1. The maximum atomic E-state index is 11.9. The third-order valence-corrected chi connectivity index (χ3v) is 3.90. The number of aliphatic hydroxyl groups excluding tert-OH is 1. The lowest BCUT2D eigenvalue weighted by molar-refractivity contribution is -0.121. The Morgan fingerprint density at radius 1 is 1.09 bits per heavy atom. The van der Waals surface area contributed by atoms with E-state index in [0.29, 0.717) is 6.42 Å². The van der Waals surface area contributed by atoms with Crippen molar-refractivity contribution in [1.29, 1.82) is 0 Å². The van der Waals surface area contributed by atoms with Gasteiger partial charge in [0.2, 0.25) is 0 Å². The molecule has 0 radical (unpaired) electrons. The van der Waals surface area contributed by atoms with Gasteiger partial charge in [0.15, 0.2) is 0 Å². The molecule has 0 aromatic rings. The average Bonchev–Trinajstić information content (AvgIpc) is 2.50. The summed E-state index contributed by atoms with van der Waals surface area (Å²) in [6.07, 6.45) is 11.2. The highest BCUT2D eigenvalue weighted by molar-refractivity contribution is 5.82. The third kappa shape index (κ3) is 11.7. The molecule has 0 fully saturated rings. The van der Waals surface area contributed by atoms with Gasteiger partial charge in [0.1, 0.15) is 12.1 Å². The van der Waals surface area contributed by atoms with Gasteiger partial charge in [-0.25, -0.2) is 0 Å². The highest BCUT2D eigenvalue weighted by Crippen LogP contribution is 2.15. The van der Waals surface area contributed by atoms with E-state index < -0.39 is 0 Å². The normalized spacial score (nSPS) is 13.6. The Morgan fingerprint density at radius 3 is 2.35 bits per heavy atom. The molecule has 0 rings (SSSR count). The molecule has 0 heterocycles. The van der Waals surface area contributed by atoms with Crippen molar-refractivity contribution < 1.29 is 14.7 Å². The number of rotatable bonds is 12. The number of hydrogen-bond donors (Lipinski definition) is 1. The second kappa shape index (κ2) is 13.0. The zero-order chi connectivity index (χ0) is 17.7. The number of Topliss-reactive ketones (excluding diaryl/α,β-unsaturated/α-hetero) is 1. The Morgan fingerprint density at radius 2 is 1.78 bits per heavy atom. The van der Waals surface area contributed by atoms with Crippen LogP contribution in [0.3, 0.4) is 0 Å². The maximum Gasteiger partial charge on any atom is 0.145 e. The SMILES string of the molecule is CC(C)=CCC(=O)[C@@H](C)CCC/C(C=O)=C\CC/C(C)=C\CO. The molecule has 1 N–H and O–H groups in total. The monoisotopic (exact) mass is 320 g/mol. The summed E-state index contributed by atoms with van der Waals surface area (Å²) in [6.45, 7) is 8.00. The highest BCUT2D eigenvalue weighted by atomic mass is 16.2. The van der Waals surface area contributed by atoms with Crippen LogP contribution in [0.5, 0.6) is 0 Å². The summed E-state index contributed by atoms with van der Waals surface area (Å²) in [6, 6.07) is 0. The van der Waals surface area contributed by atoms with E-state index in [2.05, 4.69) is 0 Å². The summed E-state index contributed by atoms with van der Waals surface area (Å²) in [4.78, 5) is 23.0. The zero-order valence-electron chi connectivity index (χ0n) is 15.1. The molecule has 0 aliphatic rings. The molecule has 0 saturated carbocycles. The first-order valence-electron chi connectivity index (χ1n) is 8.47. The van der Waals surface area contributed by atoms with Gasteiger partial charge < -0.3 is 5.11 Å². The van der Waals surface area contributed by atoms with E-state index in [1.165, 1.54) is 5.57 Å². The predicted octanol–water partition coefficient (Wildman–Crippen LogP) is 4.56. The Labute approximate surface area is 141 Å². The average molecular weight is 320 g/mol. The number of carbonyl (C=O) groups excluding carboxylic acids is 2. The van der Waals surface area contributed by atoms with Crippen molar-refractivity contribution in [1.82, 2.24) is 0 Å². The van der Waals surface area contributed by atoms with Crippen molar-refractivity contribution in [3.63, 3.8) is 0 Å². The van der Waals surface area contributed by atoms with E-state index in [1.54, 1.807) is 6.08 Å². The van der Waals surface area contributed by atoms with E-state index in [4.69, 9.17) is 5.11 Å². The molecule has 3 heteroatoms. The van der Waals surface area contributed by atoms with E-state index >= 15 is 0 Å². The number of ketones is 1. The lowest BCUT2D eigenvalue weighted by Crippen LogP contribution is -2.10. The fraction of sp³-hybridized carbons (Fsp3) is 0.600. The van der Waals surface area contributed by atoms with Crippen LogP contribution in [0.2, 0.25) is 0 Å². The summed E-state index contributed by atoms with van der Waals surface area (Å²) < 4.78 is 0. The zero-order valence-corrected chi connectivity index (χ0v) is 15.1. The number of hydrogen-bond acceptors (Lipinski definition) is 3. The molecule has 0 aliphatic heterocycles. The number of allylic oxidation sites excluding steroid dienone is 5. The van der Waals surface area contributed by atoms with Gasteiger partial charge in [-0.05, 0) is 58.4 Å². The molecular weight excluding hydrogens is 288 g/mol. The van der Waals surface area contributed by atoms with Crippen molar-refractivity contribution in [2.75, 3.05) is 6.61 Å². The minimum absolute atomic E-state index is 0.0493. The third-order valence-electron chi connectivity index (χ3n) is 3.90. The fourth-order valence-electron chi connectivity index (χ4n) is 2.23. The standard InChI is InChI=1S/C20H32O3/c1-16(2)11-12-20(23)18(4)8-6-10-19(15-22)9-5-7-17(3)13-14-21/h9,11,13,15,18,21H,5-8,10,12,14H2,1-4H3/b17-13-,19-9+/t18-/m0/s1. The molecule has 3 nitrogen and oxygen atoms in total. The Kier molecular flexibility index (Phi) is 12.2. The molecular formula is C20H32O3. The molecule has 0 bridgehead atoms. The molecule has 0 spiro atoms. The van der Waals surface area contributed by atoms with Crippen molar-refractivity contribution in [3.05, 3.63) is 34.9 Å². The van der Waals surface area contributed by atoms with Crippen LogP contribution in [0, 0.1) is 5.92 Å². The topological polar surface area (TPSA) is 54.4 Å². The Bertz CT molecular complexity index is 452. The van der Waals surface area contributed by atoms with Crippen LogP contribution < -0.4 is 0 Å². The molecule has 0 saturated heterocycles. The van der Waals surface area contributed by atoms with E-state index in [9.17, 15) is 9.59 Å². The highest BCUT2D eigenvalue weighted by Gasteiger charge is 2.11. The van der Waals surface area contributed by atoms with Crippen molar-refractivity contribution in [2.24, 2.45) is 5.92 Å². The smallest absolute Gasteiger partial charge is 0.145 e. The van der Waals surface area contributed by atoms with Gasteiger partial charge >= 0.3 is 0 Å². The van der Waals surface area contributed by atoms with Crippen molar-refractivity contribution in [3.8, 4) is 0 Å². The lowest BCUT2D eigenvalue weighted by atomic mass is 9.95. The van der Waals surface area contributed by atoms with Gasteiger partial charge in [-0.1, -0.05) is 36.3 Å². The Hall–Kier alpha value is -1.48.